The Balaban J connectivity index is 1.67. The first-order chi connectivity index (χ1) is 17.0. The van der Waals surface area contributed by atoms with Crippen LogP contribution in [0.3, 0.4) is 0 Å². The normalized spacial score (nSPS) is 16.9. The van der Waals surface area contributed by atoms with Crippen LogP contribution in [-0.4, -0.2) is 16.8 Å². The van der Waals surface area contributed by atoms with Gasteiger partial charge in [0.15, 0.2) is 0 Å². The molecule has 5 nitrogen and oxygen atoms in total. The van der Waals surface area contributed by atoms with Gasteiger partial charge in [0.05, 0.1) is 11.6 Å². The average molecular weight is 462 g/mol. The highest BCUT2D eigenvalue weighted by Crippen LogP contribution is 2.43. The quantitative estimate of drug-likeness (QED) is 0.212. The largest absolute Gasteiger partial charge is 0.507 e. The lowest BCUT2D eigenvalue weighted by Gasteiger charge is -2.26. The van der Waals surface area contributed by atoms with E-state index in [1.54, 1.807) is 36.4 Å². The van der Waals surface area contributed by atoms with Crippen LogP contribution in [0.2, 0.25) is 0 Å². The van der Waals surface area contributed by atoms with Gasteiger partial charge in [-0.1, -0.05) is 72.8 Å². The maximum atomic E-state index is 13.3. The molecule has 1 aliphatic heterocycles. The average Bonchev–Trinajstić information content (AvgIpc) is 3.15. The van der Waals surface area contributed by atoms with Gasteiger partial charge in [0.1, 0.15) is 17.3 Å². The summed E-state index contributed by atoms with van der Waals surface area (Å²) in [6.45, 7) is 1.92. The molecule has 0 aromatic heterocycles. The van der Waals surface area contributed by atoms with Crippen LogP contribution in [0.1, 0.15) is 22.7 Å². The molecule has 1 atom stereocenters. The number of aliphatic hydroxyl groups is 1. The minimum Gasteiger partial charge on any atom is -0.507 e. The smallest absolute Gasteiger partial charge is 0.300 e. The molecule has 4 aromatic carbocycles. The summed E-state index contributed by atoms with van der Waals surface area (Å²) in [5.74, 6) is -0.400. The Morgan fingerprint density at radius 1 is 0.771 bits per heavy atom. The summed E-state index contributed by atoms with van der Waals surface area (Å²) in [6.07, 6.45) is 0. The summed E-state index contributed by atoms with van der Waals surface area (Å²) < 4.78 is 6.01. The lowest BCUT2D eigenvalue weighted by Crippen LogP contribution is -2.29. The number of aryl methyl sites for hydroxylation is 1. The van der Waals surface area contributed by atoms with Gasteiger partial charge in [-0.15, -0.1) is 0 Å². The first-order valence-electron chi connectivity index (χ1n) is 11.3. The van der Waals surface area contributed by atoms with Crippen LogP contribution in [0.25, 0.3) is 5.76 Å². The molecule has 1 N–H and O–H groups in total. The van der Waals surface area contributed by atoms with Crippen LogP contribution in [0.15, 0.2) is 115 Å². The van der Waals surface area contributed by atoms with E-state index in [2.05, 4.69) is 0 Å². The van der Waals surface area contributed by atoms with Gasteiger partial charge >= 0.3 is 0 Å². The van der Waals surface area contributed by atoms with Gasteiger partial charge in [0.2, 0.25) is 0 Å². The van der Waals surface area contributed by atoms with E-state index in [4.69, 9.17) is 4.74 Å². The molecule has 172 valence electrons. The Morgan fingerprint density at radius 3 is 2.14 bits per heavy atom. The van der Waals surface area contributed by atoms with Gasteiger partial charge in [-0.2, -0.15) is 0 Å². The molecule has 1 aliphatic rings. The van der Waals surface area contributed by atoms with Crippen molar-refractivity contribution in [1.82, 2.24) is 0 Å². The molecule has 5 heteroatoms. The number of benzene rings is 4. The predicted molar refractivity (Wildman–Crippen MR) is 135 cm³/mol. The highest BCUT2D eigenvalue weighted by atomic mass is 16.5. The minimum absolute atomic E-state index is 0.0413. The van der Waals surface area contributed by atoms with E-state index in [-0.39, 0.29) is 11.3 Å². The number of hydrogen-bond acceptors (Lipinski definition) is 4. The number of para-hydroxylation sites is 1. The van der Waals surface area contributed by atoms with Gasteiger partial charge in [0.25, 0.3) is 11.7 Å². The van der Waals surface area contributed by atoms with E-state index in [0.29, 0.717) is 28.3 Å². The number of rotatable bonds is 5. The zero-order valence-corrected chi connectivity index (χ0v) is 19.1. The van der Waals surface area contributed by atoms with Crippen LogP contribution < -0.4 is 9.64 Å². The van der Waals surface area contributed by atoms with Crippen LogP contribution in [0.5, 0.6) is 11.5 Å². The molecule has 1 fully saturated rings. The molecule has 4 aromatic rings. The second kappa shape index (κ2) is 9.31. The Bertz CT molecular complexity index is 1430. The third kappa shape index (κ3) is 4.32. The fraction of sp³-hybridized carbons (Fsp3) is 0.0667. The number of hydrogen-bond donors (Lipinski definition) is 1. The zero-order valence-electron chi connectivity index (χ0n) is 19.1. The highest BCUT2D eigenvalue weighted by Gasteiger charge is 2.47. The summed E-state index contributed by atoms with van der Waals surface area (Å²) >= 11 is 0. The maximum absolute atomic E-state index is 13.3. The maximum Gasteiger partial charge on any atom is 0.300 e. The van der Waals surface area contributed by atoms with Crippen molar-refractivity contribution >= 4 is 23.1 Å². The van der Waals surface area contributed by atoms with Crippen molar-refractivity contribution in [2.24, 2.45) is 0 Å². The van der Waals surface area contributed by atoms with Crippen LogP contribution >= 0.6 is 0 Å². The fourth-order valence-electron chi connectivity index (χ4n) is 4.32. The molecule has 1 amide bonds. The highest BCUT2D eigenvalue weighted by molar-refractivity contribution is 6.51. The Labute approximate surface area is 203 Å². The van der Waals surface area contributed by atoms with E-state index in [0.717, 1.165) is 5.56 Å². The number of aliphatic hydroxyl groups excluding tert-OH is 1. The second-order valence-corrected chi connectivity index (χ2v) is 8.36. The summed E-state index contributed by atoms with van der Waals surface area (Å²) in [4.78, 5) is 28.1. The molecule has 0 aliphatic carbocycles. The van der Waals surface area contributed by atoms with Crippen molar-refractivity contribution in [1.29, 1.82) is 0 Å². The van der Waals surface area contributed by atoms with E-state index in [1.165, 1.54) is 4.90 Å². The van der Waals surface area contributed by atoms with Gasteiger partial charge in [-0.05, 0) is 54.4 Å². The van der Waals surface area contributed by atoms with Crippen molar-refractivity contribution < 1.29 is 19.4 Å². The fourth-order valence-corrected chi connectivity index (χ4v) is 4.32. The van der Waals surface area contributed by atoms with E-state index in [9.17, 15) is 14.7 Å². The molecule has 1 unspecified atom stereocenters. The molecule has 0 saturated carbocycles. The SMILES string of the molecule is Cc1cccc(N2C(=O)C(=O)/C(=C(\O)c3ccccc3)C2c2cccc(Oc3ccccc3)c2)c1. The van der Waals surface area contributed by atoms with Gasteiger partial charge < -0.3 is 9.84 Å². The first-order valence-corrected chi connectivity index (χ1v) is 11.3. The van der Waals surface area contributed by atoms with Crippen LogP contribution in [0, 0.1) is 6.92 Å². The summed E-state index contributed by atoms with van der Waals surface area (Å²) in [5, 5.41) is 11.2. The molecule has 5 rings (SSSR count). The third-order valence-electron chi connectivity index (χ3n) is 5.92. The van der Waals surface area contributed by atoms with Crippen molar-refractivity contribution in [3.8, 4) is 11.5 Å². The van der Waals surface area contributed by atoms with Crippen LogP contribution in [-0.2, 0) is 9.59 Å². The summed E-state index contributed by atoms with van der Waals surface area (Å²) in [6, 6.07) is 32.0. The van der Waals surface area contributed by atoms with E-state index in [1.807, 2.05) is 79.7 Å². The first kappa shape index (κ1) is 22.2. The van der Waals surface area contributed by atoms with Crippen molar-refractivity contribution in [3.05, 3.63) is 131 Å². The van der Waals surface area contributed by atoms with Gasteiger partial charge in [-0.25, -0.2) is 0 Å². The van der Waals surface area contributed by atoms with E-state index >= 15 is 0 Å². The van der Waals surface area contributed by atoms with E-state index < -0.39 is 17.7 Å². The third-order valence-corrected chi connectivity index (χ3v) is 5.92. The van der Waals surface area contributed by atoms with Crippen molar-refractivity contribution in [2.45, 2.75) is 13.0 Å². The monoisotopic (exact) mass is 461 g/mol. The molecular formula is C30H23NO4. The standard InChI is InChI=1S/C30H23NO4/c1-20-10-8-14-23(18-20)31-27(22-13-9-17-25(19-22)35-24-15-6-3-7-16-24)26(29(33)30(31)34)28(32)21-11-4-2-5-12-21/h2-19,27,32H,1H3/b28-26-. The lowest BCUT2D eigenvalue weighted by atomic mass is 9.95. The van der Waals surface area contributed by atoms with Gasteiger partial charge in [0, 0.05) is 11.3 Å². The lowest BCUT2D eigenvalue weighted by molar-refractivity contribution is -0.132. The summed E-state index contributed by atoms with van der Waals surface area (Å²) in [7, 11) is 0. The minimum atomic E-state index is -0.823. The molecule has 1 heterocycles. The number of carbonyl (C=O) groups excluding carboxylic acids is 2. The molecule has 0 radical (unpaired) electrons. The number of amides is 1. The Hall–Kier alpha value is -4.64. The number of Topliss-reactive ketones (excluding diaryl/α,β-unsaturated/α-hetero) is 1. The van der Waals surface area contributed by atoms with Crippen LogP contribution in [0.4, 0.5) is 5.69 Å². The Morgan fingerprint density at radius 2 is 1.43 bits per heavy atom. The second-order valence-electron chi connectivity index (χ2n) is 8.36. The molecular weight excluding hydrogens is 438 g/mol. The number of anilines is 1. The number of ketones is 1. The summed E-state index contributed by atoms with van der Waals surface area (Å²) in [5.41, 5.74) is 2.69. The van der Waals surface area contributed by atoms with Gasteiger partial charge in [-0.3, -0.25) is 14.5 Å². The topological polar surface area (TPSA) is 66.8 Å². The number of nitrogens with zero attached hydrogens (tertiary/aromatic N) is 1. The number of ether oxygens (including phenoxy) is 1. The number of carbonyl (C=O) groups is 2. The zero-order chi connectivity index (χ0) is 24.4. The molecule has 1 saturated heterocycles. The predicted octanol–water partition coefficient (Wildman–Crippen LogP) is 6.41. The molecule has 0 bridgehead atoms. The molecule has 0 spiro atoms. The molecule has 35 heavy (non-hydrogen) atoms. The van der Waals surface area contributed by atoms with Crippen molar-refractivity contribution in [3.63, 3.8) is 0 Å². The Kier molecular flexibility index (Phi) is 5.90. The van der Waals surface area contributed by atoms with Crippen molar-refractivity contribution in [2.75, 3.05) is 4.90 Å².